The third-order valence-corrected chi connectivity index (χ3v) is 8.01. The van der Waals surface area contributed by atoms with E-state index in [0.29, 0.717) is 33.6 Å². The van der Waals surface area contributed by atoms with Crippen LogP contribution in [0.25, 0.3) is 0 Å². The third kappa shape index (κ3) is 8.91. The molecule has 0 aliphatic rings. The van der Waals surface area contributed by atoms with Crippen LogP contribution < -0.4 is 5.32 Å². The zero-order valence-corrected chi connectivity index (χ0v) is 24.1. The third-order valence-electron chi connectivity index (χ3n) is 5.97. The first-order chi connectivity index (χ1) is 18.3. The molecule has 1 N–H and O–H groups in total. The Morgan fingerprint density at radius 1 is 0.947 bits per heavy atom. The summed E-state index contributed by atoms with van der Waals surface area (Å²) in [6, 6.07) is 18.5. The van der Waals surface area contributed by atoms with Gasteiger partial charge < -0.3 is 10.2 Å². The maximum Gasteiger partial charge on any atom is 0.243 e. The maximum atomic E-state index is 14.2. The summed E-state index contributed by atoms with van der Waals surface area (Å²) in [7, 11) is 0. The fourth-order valence-corrected chi connectivity index (χ4v) is 5.46. The van der Waals surface area contributed by atoms with Crippen molar-refractivity contribution in [1.82, 2.24) is 10.2 Å². The first kappa shape index (κ1) is 30.3. The van der Waals surface area contributed by atoms with Gasteiger partial charge in [-0.3, -0.25) is 9.59 Å². The van der Waals surface area contributed by atoms with E-state index in [1.807, 2.05) is 37.3 Å². The summed E-state index contributed by atoms with van der Waals surface area (Å²) in [5.41, 5.74) is 2.02. The Hall–Kier alpha value is -2.25. The Morgan fingerprint density at radius 3 is 2.39 bits per heavy atom. The number of halogens is 4. The molecule has 9 heteroatoms. The van der Waals surface area contributed by atoms with Crippen LogP contribution in [-0.2, 0) is 28.3 Å². The van der Waals surface area contributed by atoms with Crippen molar-refractivity contribution < 1.29 is 14.0 Å². The van der Waals surface area contributed by atoms with E-state index >= 15 is 0 Å². The number of benzene rings is 3. The fraction of sp³-hybridized carbons (Fsp3) is 0.310. The minimum absolute atomic E-state index is 0.0412. The Balaban J connectivity index is 1.87. The first-order valence-electron chi connectivity index (χ1n) is 12.4. The lowest BCUT2D eigenvalue weighted by Gasteiger charge is -2.31. The number of hydrogen-bond acceptors (Lipinski definition) is 3. The van der Waals surface area contributed by atoms with E-state index in [9.17, 15) is 14.0 Å². The van der Waals surface area contributed by atoms with Gasteiger partial charge in [0.05, 0.1) is 15.8 Å². The van der Waals surface area contributed by atoms with Gasteiger partial charge in [-0.05, 0) is 41.8 Å². The summed E-state index contributed by atoms with van der Waals surface area (Å²) in [4.78, 5) is 28.7. The molecule has 0 aliphatic heterocycles. The predicted molar refractivity (Wildman–Crippen MR) is 156 cm³/mol. The van der Waals surface area contributed by atoms with E-state index in [1.54, 1.807) is 35.2 Å². The van der Waals surface area contributed by atoms with Gasteiger partial charge in [-0.1, -0.05) is 90.6 Å². The van der Waals surface area contributed by atoms with E-state index in [2.05, 4.69) is 5.32 Å². The van der Waals surface area contributed by atoms with E-state index in [-0.39, 0.29) is 29.9 Å². The zero-order chi connectivity index (χ0) is 27.5. The Morgan fingerprint density at radius 2 is 1.71 bits per heavy atom. The first-order valence-corrected chi connectivity index (χ1v) is 14.6. The van der Waals surface area contributed by atoms with Crippen LogP contribution in [0.2, 0.25) is 15.1 Å². The van der Waals surface area contributed by atoms with Gasteiger partial charge in [-0.15, -0.1) is 11.8 Å². The molecule has 38 heavy (non-hydrogen) atoms. The summed E-state index contributed by atoms with van der Waals surface area (Å²) in [5, 5.41) is 4.08. The maximum absolute atomic E-state index is 14.2. The van der Waals surface area contributed by atoms with Crippen LogP contribution in [0.5, 0.6) is 0 Å². The van der Waals surface area contributed by atoms with Gasteiger partial charge >= 0.3 is 0 Å². The van der Waals surface area contributed by atoms with E-state index in [0.717, 1.165) is 24.0 Å². The van der Waals surface area contributed by atoms with Crippen molar-refractivity contribution in [2.45, 2.75) is 44.5 Å². The van der Waals surface area contributed by atoms with E-state index < -0.39 is 11.9 Å². The molecular formula is C29H30Cl3FN2O2S. The molecule has 0 spiro atoms. The molecule has 0 aromatic heterocycles. The molecule has 0 saturated carbocycles. The lowest BCUT2D eigenvalue weighted by Crippen LogP contribution is -2.51. The van der Waals surface area contributed by atoms with Gasteiger partial charge in [0.15, 0.2) is 0 Å². The highest BCUT2D eigenvalue weighted by atomic mass is 35.5. The fourth-order valence-electron chi connectivity index (χ4n) is 3.89. The number of rotatable bonds is 13. The standard InChI is InChI=1S/C29H30Cl3FN2O2S/c1-2-3-14-34-29(37)27(16-20-8-5-4-6-9-20)35(17-21-12-13-24(31)25(32)15-21)28(36)19-38-18-22-23(30)10-7-11-26(22)33/h4-13,15,27H,2-3,14,16-19H2,1H3,(H,34,37)/t27-/m1/s1. The summed E-state index contributed by atoms with van der Waals surface area (Å²) in [6.07, 6.45) is 2.12. The normalized spacial score (nSPS) is 11.7. The number of amides is 2. The number of carbonyl (C=O) groups excluding carboxylic acids is 2. The van der Waals surface area contributed by atoms with Crippen LogP contribution in [-0.4, -0.2) is 35.1 Å². The topological polar surface area (TPSA) is 49.4 Å². The second kappa shape index (κ2) is 15.4. The molecule has 0 unspecified atom stereocenters. The average Bonchev–Trinajstić information content (AvgIpc) is 2.90. The average molecular weight is 596 g/mol. The Kier molecular flexibility index (Phi) is 12.3. The van der Waals surface area contributed by atoms with Crippen molar-refractivity contribution in [3.8, 4) is 0 Å². The van der Waals surface area contributed by atoms with Crippen molar-refractivity contribution in [3.63, 3.8) is 0 Å². The van der Waals surface area contributed by atoms with Crippen molar-refractivity contribution in [3.05, 3.63) is 104 Å². The second-order valence-corrected chi connectivity index (χ2v) is 11.0. The number of thioether (sulfide) groups is 1. The van der Waals surface area contributed by atoms with Crippen molar-refractivity contribution >= 4 is 58.4 Å². The molecule has 0 fully saturated rings. The number of nitrogens with zero attached hydrogens (tertiary/aromatic N) is 1. The number of hydrogen-bond donors (Lipinski definition) is 1. The van der Waals surface area contributed by atoms with Gasteiger partial charge in [0.25, 0.3) is 0 Å². The molecule has 202 valence electrons. The minimum Gasteiger partial charge on any atom is -0.354 e. The van der Waals surface area contributed by atoms with Crippen molar-refractivity contribution in [2.75, 3.05) is 12.3 Å². The van der Waals surface area contributed by atoms with Crippen molar-refractivity contribution in [1.29, 1.82) is 0 Å². The summed E-state index contributed by atoms with van der Waals surface area (Å²) >= 11 is 19.8. The molecule has 3 rings (SSSR count). The lowest BCUT2D eigenvalue weighted by molar-refractivity contribution is -0.139. The number of unbranched alkanes of at least 4 members (excludes halogenated alkanes) is 1. The highest BCUT2D eigenvalue weighted by molar-refractivity contribution is 7.99. The molecule has 2 amide bonds. The highest BCUT2D eigenvalue weighted by Crippen LogP contribution is 2.26. The predicted octanol–water partition coefficient (Wildman–Crippen LogP) is 7.58. The van der Waals surface area contributed by atoms with Gasteiger partial charge in [-0.25, -0.2) is 4.39 Å². The van der Waals surface area contributed by atoms with Gasteiger partial charge in [0.1, 0.15) is 11.9 Å². The largest absolute Gasteiger partial charge is 0.354 e. The molecule has 0 radical (unpaired) electrons. The molecule has 0 heterocycles. The smallest absolute Gasteiger partial charge is 0.243 e. The summed E-state index contributed by atoms with van der Waals surface area (Å²) in [6.45, 7) is 2.73. The van der Waals surface area contributed by atoms with E-state index in [4.69, 9.17) is 34.8 Å². The number of carbonyl (C=O) groups is 2. The van der Waals surface area contributed by atoms with Crippen molar-refractivity contribution in [2.24, 2.45) is 0 Å². The minimum atomic E-state index is -0.756. The van der Waals surface area contributed by atoms with Gasteiger partial charge in [0, 0.05) is 35.8 Å². The van der Waals surface area contributed by atoms with Crippen LogP contribution in [0.4, 0.5) is 4.39 Å². The van der Waals surface area contributed by atoms with Gasteiger partial charge in [0.2, 0.25) is 11.8 Å². The number of nitrogens with one attached hydrogen (secondary N) is 1. The van der Waals surface area contributed by atoms with E-state index in [1.165, 1.54) is 17.8 Å². The molecule has 0 aliphatic carbocycles. The quantitative estimate of drug-likeness (QED) is 0.207. The molecule has 0 saturated heterocycles. The zero-order valence-electron chi connectivity index (χ0n) is 21.1. The monoisotopic (exact) mass is 594 g/mol. The second-order valence-electron chi connectivity index (χ2n) is 8.81. The molecule has 1 atom stereocenters. The SMILES string of the molecule is CCCCNC(=O)[C@@H](Cc1ccccc1)N(Cc1ccc(Cl)c(Cl)c1)C(=O)CSCc1c(F)cccc1Cl. The summed E-state index contributed by atoms with van der Waals surface area (Å²) < 4.78 is 14.2. The van der Waals surface area contributed by atoms with Gasteiger partial charge in [-0.2, -0.15) is 0 Å². The lowest BCUT2D eigenvalue weighted by atomic mass is 10.0. The molecular weight excluding hydrogens is 566 g/mol. The summed E-state index contributed by atoms with van der Waals surface area (Å²) in [5.74, 6) is -0.621. The molecule has 4 nitrogen and oxygen atoms in total. The van der Waals surface area contributed by atoms with Crippen LogP contribution in [0.1, 0.15) is 36.5 Å². The highest BCUT2D eigenvalue weighted by Gasteiger charge is 2.30. The van der Waals surface area contributed by atoms with Crippen LogP contribution in [0.3, 0.4) is 0 Å². The Bertz CT molecular complexity index is 1210. The van der Waals surface area contributed by atoms with Crippen LogP contribution in [0, 0.1) is 5.82 Å². The van der Waals surface area contributed by atoms with Crippen LogP contribution >= 0.6 is 46.6 Å². The van der Waals surface area contributed by atoms with Crippen LogP contribution in [0.15, 0.2) is 66.7 Å². The molecule has 3 aromatic carbocycles. The Labute approximate surface area is 242 Å². The molecule has 3 aromatic rings. The molecule has 0 bridgehead atoms.